The number of hydrogen-bond donors (Lipinski definition) is 1. The molecule has 2 aromatic rings. The van der Waals surface area contributed by atoms with Crippen LogP contribution in [0.15, 0.2) is 42.5 Å². The second-order valence-electron chi connectivity index (χ2n) is 7.30. The first-order valence-corrected chi connectivity index (χ1v) is 11.0. The Bertz CT molecular complexity index is 814. The molecule has 0 saturated carbocycles. The minimum absolute atomic E-state index is 0.0682. The SMILES string of the molecule is CCC[C@H](CN)N(Cc1ccc(Cl)cc1)C(=O)c1ccc(OC)c(OCCCOC)c1. The van der Waals surface area contributed by atoms with E-state index in [9.17, 15) is 4.79 Å². The van der Waals surface area contributed by atoms with Crippen molar-refractivity contribution in [2.24, 2.45) is 5.73 Å². The maximum atomic E-state index is 13.5. The Kier molecular flexibility index (Phi) is 10.6. The van der Waals surface area contributed by atoms with E-state index >= 15 is 0 Å². The second-order valence-corrected chi connectivity index (χ2v) is 7.73. The number of methoxy groups -OCH3 is 2. The second kappa shape index (κ2) is 13.2. The van der Waals surface area contributed by atoms with Crippen molar-refractivity contribution in [3.8, 4) is 11.5 Å². The fraction of sp³-hybridized carbons (Fsp3) is 0.458. The number of rotatable bonds is 13. The van der Waals surface area contributed by atoms with Crippen LogP contribution in [0.25, 0.3) is 0 Å². The lowest BCUT2D eigenvalue weighted by atomic mass is 10.1. The van der Waals surface area contributed by atoms with Crippen LogP contribution in [0.3, 0.4) is 0 Å². The monoisotopic (exact) mass is 448 g/mol. The van der Waals surface area contributed by atoms with Gasteiger partial charge in [-0.25, -0.2) is 0 Å². The summed E-state index contributed by atoms with van der Waals surface area (Å²) >= 11 is 6.02. The number of hydrogen-bond acceptors (Lipinski definition) is 5. The summed E-state index contributed by atoms with van der Waals surface area (Å²) in [6.07, 6.45) is 2.50. The highest BCUT2D eigenvalue weighted by Crippen LogP contribution is 2.29. The lowest BCUT2D eigenvalue weighted by Gasteiger charge is -2.31. The molecule has 170 valence electrons. The van der Waals surface area contributed by atoms with E-state index in [0.717, 1.165) is 24.8 Å². The highest BCUT2D eigenvalue weighted by molar-refractivity contribution is 6.30. The maximum absolute atomic E-state index is 13.5. The molecule has 0 spiro atoms. The van der Waals surface area contributed by atoms with E-state index in [1.54, 1.807) is 32.4 Å². The molecule has 1 amide bonds. The lowest BCUT2D eigenvalue weighted by Crippen LogP contribution is -2.44. The van der Waals surface area contributed by atoms with Gasteiger partial charge in [-0.15, -0.1) is 0 Å². The maximum Gasteiger partial charge on any atom is 0.254 e. The molecule has 0 aliphatic carbocycles. The fourth-order valence-corrected chi connectivity index (χ4v) is 3.49. The molecule has 0 bridgehead atoms. The number of carbonyl (C=O) groups excluding carboxylic acids is 1. The van der Waals surface area contributed by atoms with Gasteiger partial charge >= 0.3 is 0 Å². The molecule has 0 heterocycles. The number of halogens is 1. The third kappa shape index (κ3) is 7.42. The first-order valence-electron chi connectivity index (χ1n) is 10.6. The van der Waals surface area contributed by atoms with Crippen LogP contribution in [0, 0.1) is 0 Å². The van der Waals surface area contributed by atoms with E-state index in [2.05, 4.69) is 6.92 Å². The predicted molar refractivity (Wildman–Crippen MR) is 124 cm³/mol. The molecular weight excluding hydrogens is 416 g/mol. The molecule has 2 aromatic carbocycles. The Morgan fingerprint density at radius 1 is 1.10 bits per heavy atom. The summed E-state index contributed by atoms with van der Waals surface area (Å²) in [6.45, 7) is 4.01. The molecule has 0 saturated heterocycles. The summed E-state index contributed by atoms with van der Waals surface area (Å²) in [5.41, 5.74) is 7.58. The van der Waals surface area contributed by atoms with Gasteiger partial charge in [-0.3, -0.25) is 4.79 Å². The third-order valence-corrected chi connectivity index (χ3v) is 5.27. The Hall–Kier alpha value is -2.28. The van der Waals surface area contributed by atoms with Crippen LogP contribution in [0.4, 0.5) is 0 Å². The van der Waals surface area contributed by atoms with E-state index in [1.165, 1.54) is 0 Å². The molecule has 0 radical (unpaired) electrons. The van der Waals surface area contributed by atoms with E-state index in [-0.39, 0.29) is 11.9 Å². The number of nitrogens with zero attached hydrogens (tertiary/aromatic N) is 1. The molecule has 6 nitrogen and oxygen atoms in total. The van der Waals surface area contributed by atoms with Crippen molar-refractivity contribution in [1.29, 1.82) is 0 Å². The zero-order chi connectivity index (χ0) is 22.6. The van der Waals surface area contributed by atoms with E-state index in [0.29, 0.717) is 48.4 Å². The number of nitrogens with two attached hydrogens (primary N) is 1. The van der Waals surface area contributed by atoms with Gasteiger partial charge in [0, 0.05) is 49.9 Å². The van der Waals surface area contributed by atoms with Crippen LogP contribution >= 0.6 is 11.6 Å². The average molecular weight is 449 g/mol. The van der Waals surface area contributed by atoms with Gasteiger partial charge < -0.3 is 24.8 Å². The van der Waals surface area contributed by atoms with Crippen LogP contribution in [-0.2, 0) is 11.3 Å². The van der Waals surface area contributed by atoms with Gasteiger partial charge in [0.2, 0.25) is 0 Å². The molecule has 0 aliphatic heterocycles. The van der Waals surface area contributed by atoms with E-state index in [1.807, 2.05) is 29.2 Å². The molecule has 2 rings (SSSR count). The summed E-state index contributed by atoms with van der Waals surface area (Å²) in [4.78, 5) is 15.4. The first-order chi connectivity index (χ1) is 15.0. The summed E-state index contributed by atoms with van der Waals surface area (Å²) in [6, 6.07) is 12.7. The van der Waals surface area contributed by atoms with Gasteiger partial charge in [0.15, 0.2) is 11.5 Å². The lowest BCUT2D eigenvalue weighted by molar-refractivity contribution is 0.0655. The zero-order valence-electron chi connectivity index (χ0n) is 18.6. The Morgan fingerprint density at radius 3 is 2.45 bits per heavy atom. The molecule has 7 heteroatoms. The van der Waals surface area contributed by atoms with Gasteiger partial charge in [-0.1, -0.05) is 37.1 Å². The van der Waals surface area contributed by atoms with Crippen molar-refractivity contribution < 1.29 is 19.0 Å². The molecule has 0 fully saturated rings. The van der Waals surface area contributed by atoms with Crippen molar-refractivity contribution in [3.63, 3.8) is 0 Å². The Labute approximate surface area is 190 Å². The predicted octanol–water partition coefficient (Wildman–Crippen LogP) is 4.53. The normalized spacial score (nSPS) is 11.8. The molecule has 1 atom stereocenters. The Morgan fingerprint density at radius 2 is 1.84 bits per heavy atom. The summed E-state index contributed by atoms with van der Waals surface area (Å²) < 4.78 is 16.3. The highest BCUT2D eigenvalue weighted by Gasteiger charge is 2.24. The summed E-state index contributed by atoms with van der Waals surface area (Å²) in [5.74, 6) is 1.03. The van der Waals surface area contributed by atoms with Crippen LogP contribution in [0.2, 0.25) is 5.02 Å². The van der Waals surface area contributed by atoms with Crippen LogP contribution < -0.4 is 15.2 Å². The topological polar surface area (TPSA) is 74.0 Å². The number of amides is 1. The fourth-order valence-electron chi connectivity index (χ4n) is 3.36. The number of carbonyl (C=O) groups is 1. The molecule has 31 heavy (non-hydrogen) atoms. The minimum atomic E-state index is -0.0942. The van der Waals surface area contributed by atoms with Gasteiger partial charge in [0.05, 0.1) is 13.7 Å². The van der Waals surface area contributed by atoms with Crippen LogP contribution in [-0.4, -0.2) is 50.8 Å². The third-order valence-electron chi connectivity index (χ3n) is 5.02. The van der Waals surface area contributed by atoms with Crippen LogP contribution in [0.1, 0.15) is 42.1 Å². The molecule has 0 aromatic heterocycles. The zero-order valence-corrected chi connectivity index (χ0v) is 19.4. The standard InChI is InChI=1S/C24H33ClN2O4/c1-4-6-21(16-26)27(17-18-7-10-20(25)11-8-18)24(28)19-9-12-22(30-3)23(15-19)31-14-5-13-29-2/h7-12,15,21H,4-6,13-14,16-17,26H2,1-3H3/t21-/m1/s1. The first kappa shape index (κ1) is 25.0. The molecule has 2 N–H and O–H groups in total. The van der Waals surface area contributed by atoms with Crippen molar-refractivity contribution >= 4 is 17.5 Å². The van der Waals surface area contributed by atoms with Crippen molar-refractivity contribution in [2.45, 2.75) is 38.8 Å². The molecule has 0 aliphatic rings. The van der Waals surface area contributed by atoms with Crippen molar-refractivity contribution in [1.82, 2.24) is 4.90 Å². The van der Waals surface area contributed by atoms with Gasteiger partial charge in [-0.05, 0) is 42.3 Å². The molecule has 0 unspecified atom stereocenters. The minimum Gasteiger partial charge on any atom is -0.493 e. The number of ether oxygens (including phenoxy) is 3. The smallest absolute Gasteiger partial charge is 0.254 e. The van der Waals surface area contributed by atoms with Gasteiger partial charge in [0.25, 0.3) is 5.91 Å². The number of benzene rings is 2. The summed E-state index contributed by atoms with van der Waals surface area (Å²) in [7, 11) is 3.23. The van der Waals surface area contributed by atoms with E-state index < -0.39 is 0 Å². The summed E-state index contributed by atoms with van der Waals surface area (Å²) in [5, 5.41) is 0.663. The van der Waals surface area contributed by atoms with Crippen LogP contribution in [0.5, 0.6) is 11.5 Å². The quantitative estimate of drug-likeness (QED) is 0.455. The average Bonchev–Trinajstić information content (AvgIpc) is 2.79. The largest absolute Gasteiger partial charge is 0.493 e. The van der Waals surface area contributed by atoms with Crippen molar-refractivity contribution in [2.75, 3.05) is 34.0 Å². The Balaban J connectivity index is 2.30. The molecular formula is C24H33ClN2O4. The van der Waals surface area contributed by atoms with Gasteiger partial charge in [-0.2, -0.15) is 0 Å². The highest BCUT2D eigenvalue weighted by atomic mass is 35.5. The van der Waals surface area contributed by atoms with Gasteiger partial charge in [0.1, 0.15) is 0 Å². The van der Waals surface area contributed by atoms with E-state index in [4.69, 9.17) is 31.5 Å². The van der Waals surface area contributed by atoms with Crippen molar-refractivity contribution in [3.05, 3.63) is 58.6 Å².